The van der Waals surface area contributed by atoms with Crippen molar-refractivity contribution < 1.29 is 14.1 Å². The highest BCUT2D eigenvalue weighted by atomic mass is 32.1. The number of nitrogens with one attached hydrogen (secondary N) is 1. The molecule has 2 heterocycles. The number of anilines is 1. The van der Waals surface area contributed by atoms with Crippen LogP contribution in [-0.2, 0) is 6.54 Å². The number of pyridine rings is 1. The first-order chi connectivity index (χ1) is 14.4. The van der Waals surface area contributed by atoms with Crippen LogP contribution in [0.25, 0.3) is 10.2 Å². The third-order valence-corrected chi connectivity index (χ3v) is 5.27. The number of thiazole rings is 1. The summed E-state index contributed by atoms with van der Waals surface area (Å²) in [6.45, 7) is 0.186. The Balaban J connectivity index is 1.57. The number of halogens is 1. The number of nitrogens with zero attached hydrogens (tertiary/aromatic N) is 3. The van der Waals surface area contributed by atoms with Crippen molar-refractivity contribution >= 4 is 38.3 Å². The van der Waals surface area contributed by atoms with Crippen LogP contribution in [0.15, 0.2) is 65.6 Å². The lowest BCUT2D eigenvalue weighted by atomic mass is 10.2. The molecular weight excluding hydrogens is 411 g/mol. The minimum Gasteiger partial charge on any atom is -0.310 e. The summed E-state index contributed by atoms with van der Waals surface area (Å²) in [5.41, 5.74) is 0.559. The number of carbonyl (C=O) groups is 1. The summed E-state index contributed by atoms with van der Waals surface area (Å²) in [6, 6.07) is 12.9. The van der Waals surface area contributed by atoms with Gasteiger partial charge in [-0.25, -0.2) is 9.37 Å². The zero-order valence-electron chi connectivity index (χ0n) is 15.2. The van der Waals surface area contributed by atoms with Crippen molar-refractivity contribution in [2.45, 2.75) is 6.54 Å². The van der Waals surface area contributed by atoms with E-state index in [9.17, 15) is 24.1 Å². The molecule has 0 radical (unpaired) electrons. The van der Waals surface area contributed by atoms with Crippen LogP contribution < -0.4 is 10.9 Å². The molecule has 0 aliphatic heterocycles. The van der Waals surface area contributed by atoms with Gasteiger partial charge in [-0.15, -0.1) is 0 Å². The lowest BCUT2D eigenvalue weighted by Crippen LogP contribution is -2.29. The SMILES string of the molecule is O=C(Nc1nc2ccc([N+](=O)[O-])cc2s1)c1cccn(Cc2ccc(F)cc2)c1=O. The Kier molecular flexibility index (Phi) is 5.07. The van der Waals surface area contributed by atoms with Crippen LogP contribution in [-0.4, -0.2) is 20.4 Å². The van der Waals surface area contributed by atoms with Crippen LogP contribution in [0, 0.1) is 15.9 Å². The number of hydrogen-bond acceptors (Lipinski definition) is 6. The van der Waals surface area contributed by atoms with E-state index in [0.717, 1.165) is 11.3 Å². The van der Waals surface area contributed by atoms with Gasteiger partial charge in [0, 0.05) is 18.3 Å². The molecule has 1 N–H and O–H groups in total. The zero-order valence-corrected chi connectivity index (χ0v) is 16.1. The average Bonchev–Trinajstić information content (AvgIpc) is 3.12. The van der Waals surface area contributed by atoms with Gasteiger partial charge in [-0.05, 0) is 35.9 Å². The summed E-state index contributed by atoms with van der Waals surface area (Å²) in [6.07, 6.45) is 1.54. The Morgan fingerprint density at radius 3 is 2.70 bits per heavy atom. The Morgan fingerprint density at radius 1 is 1.20 bits per heavy atom. The molecule has 0 aliphatic rings. The maximum atomic E-state index is 13.1. The second-order valence-corrected chi connectivity index (χ2v) is 7.39. The van der Waals surface area contributed by atoms with Gasteiger partial charge in [0.2, 0.25) is 0 Å². The summed E-state index contributed by atoms with van der Waals surface area (Å²) in [5.74, 6) is -1.01. The van der Waals surface area contributed by atoms with Crippen molar-refractivity contribution in [3.63, 3.8) is 0 Å². The molecule has 0 spiro atoms. The Morgan fingerprint density at radius 2 is 1.97 bits per heavy atom. The highest BCUT2D eigenvalue weighted by Gasteiger charge is 2.16. The number of nitro benzene ring substituents is 1. The van der Waals surface area contributed by atoms with Gasteiger partial charge in [-0.3, -0.25) is 25.0 Å². The molecular formula is C20H13FN4O4S. The van der Waals surface area contributed by atoms with E-state index in [1.807, 2.05) is 0 Å². The maximum absolute atomic E-state index is 13.1. The van der Waals surface area contributed by atoms with Gasteiger partial charge < -0.3 is 4.57 Å². The minimum absolute atomic E-state index is 0.0734. The molecule has 0 bridgehead atoms. The molecule has 150 valence electrons. The Bertz CT molecular complexity index is 1330. The first-order valence-corrected chi connectivity index (χ1v) is 9.52. The van der Waals surface area contributed by atoms with Crippen LogP contribution >= 0.6 is 11.3 Å². The number of hydrogen-bond donors (Lipinski definition) is 1. The van der Waals surface area contributed by atoms with Gasteiger partial charge in [-0.2, -0.15) is 0 Å². The van der Waals surface area contributed by atoms with Crippen molar-refractivity contribution in [2.75, 3.05) is 5.32 Å². The number of fused-ring (bicyclic) bond motifs is 1. The maximum Gasteiger partial charge on any atom is 0.270 e. The van der Waals surface area contributed by atoms with Gasteiger partial charge >= 0.3 is 0 Å². The van der Waals surface area contributed by atoms with E-state index in [1.54, 1.807) is 24.4 Å². The van der Waals surface area contributed by atoms with Crippen LogP contribution in [0.3, 0.4) is 0 Å². The largest absolute Gasteiger partial charge is 0.310 e. The van der Waals surface area contributed by atoms with Crippen molar-refractivity contribution in [1.29, 1.82) is 0 Å². The molecule has 0 saturated heterocycles. The van der Waals surface area contributed by atoms with Crippen molar-refractivity contribution in [1.82, 2.24) is 9.55 Å². The summed E-state index contributed by atoms with van der Waals surface area (Å²) < 4.78 is 15.0. The zero-order chi connectivity index (χ0) is 21.3. The van der Waals surface area contributed by atoms with Crippen LogP contribution in [0.1, 0.15) is 15.9 Å². The number of non-ortho nitro benzene ring substituents is 1. The van der Waals surface area contributed by atoms with E-state index in [2.05, 4.69) is 10.3 Å². The second kappa shape index (κ2) is 7.84. The summed E-state index contributed by atoms with van der Waals surface area (Å²) in [4.78, 5) is 39.9. The van der Waals surface area contributed by atoms with Crippen molar-refractivity contribution in [3.8, 4) is 0 Å². The van der Waals surface area contributed by atoms with Gasteiger partial charge in [0.05, 0.1) is 21.7 Å². The number of benzene rings is 2. The van der Waals surface area contributed by atoms with Crippen LogP contribution in [0.2, 0.25) is 0 Å². The van der Waals surface area contributed by atoms with Gasteiger partial charge in [0.15, 0.2) is 5.13 Å². The molecule has 0 unspecified atom stereocenters. The molecule has 8 nitrogen and oxygen atoms in total. The highest BCUT2D eigenvalue weighted by Crippen LogP contribution is 2.29. The van der Waals surface area contributed by atoms with Crippen LogP contribution in [0.4, 0.5) is 15.2 Å². The predicted octanol–water partition coefficient (Wildman–Crippen LogP) is 3.81. The van der Waals surface area contributed by atoms with Gasteiger partial charge in [0.1, 0.15) is 11.4 Å². The highest BCUT2D eigenvalue weighted by molar-refractivity contribution is 7.22. The van der Waals surface area contributed by atoms with E-state index in [1.165, 1.54) is 41.0 Å². The molecule has 0 saturated carbocycles. The Labute approximate surface area is 172 Å². The quantitative estimate of drug-likeness (QED) is 0.387. The molecule has 30 heavy (non-hydrogen) atoms. The third-order valence-electron chi connectivity index (χ3n) is 4.33. The van der Waals surface area contributed by atoms with E-state index >= 15 is 0 Å². The van der Waals surface area contributed by atoms with Gasteiger partial charge in [0.25, 0.3) is 17.2 Å². The number of amides is 1. The van der Waals surface area contributed by atoms with E-state index in [-0.39, 0.29) is 28.7 Å². The number of rotatable bonds is 5. The lowest BCUT2D eigenvalue weighted by Gasteiger charge is -2.08. The fraction of sp³-hybridized carbons (Fsp3) is 0.0500. The monoisotopic (exact) mass is 424 g/mol. The van der Waals surface area contributed by atoms with Crippen molar-refractivity contribution in [3.05, 3.63) is 98.2 Å². The molecule has 1 amide bonds. The Hall–Kier alpha value is -3.92. The minimum atomic E-state index is -0.637. The standard InChI is InChI=1S/C20H13FN4O4S/c21-13-5-3-12(4-6-13)11-24-9-1-2-15(19(24)27)18(26)23-20-22-16-8-7-14(25(28)29)10-17(16)30-20/h1-10H,11H2,(H,22,23,26). The third kappa shape index (κ3) is 3.94. The fourth-order valence-electron chi connectivity index (χ4n) is 2.87. The summed E-state index contributed by atoms with van der Waals surface area (Å²) >= 11 is 1.07. The summed E-state index contributed by atoms with van der Waals surface area (Å²) in [7, 11) is 0. The van der Waals surface area contributed by atoms with E-state index in [0.29, 0.717) is 15.8 Å². The lowest BCUT2D eigenvalue weighted by molar-refractivity contribution is -0.384. The average molecular weight is 424 g/mol. The summed E-state index contributed by atoms with van der Waals surface area (Å²) in [5, 5.41) is 13.7. The second-order valence-electron chi connectivity index (χ2n) is 6.36. The number of carbonyl (C=O) groups excluding carboxylic acids is 1. The molecule has 4 aromatic rings. The molecule has 0 fully saturated rings. The molecule has 4 rings (SSSR count). The molecule has 2 aromatic carbocycles. The van der Waals surface area contributed by atoms with Gasteiger partial charge in [-0.1, -0.05) is 23.5 Å². The molecule has 10 heteroatoms. The first-order valence-electron chi connectivity index (χ1n) is 8.71. The molecule has 0 atom stereocenters. The normalized spacial score (nSPS) is 10.8. The number of aromatic nitrogens is 2. The fourth-order valence-corrected chi connectivity index (χ4v) is 3.76. The van der Waals surface area contributed by atoms with E-state index < -0.39 is 16.4 Å². The van der Waals surface area contributed by atoms with E-state index in [4.69, 9.17) is 0 Å². The van der Waals surface area contributed by atoms with Crippen molar-refractivity contribution in [2.24, 2.45) is 0 Å². The smallest absolute Gasteiger partial charge is 0.270 e. The molecule has 2 aromatic heterocycles. The van der Waals surface area contributed by atoms with Crippen LogP contribution in [0.5, 0.6) is 0 Å². The molecule has 0 aliphatic carbocycles. The first kappa shape index (κ1) is 19.4. The topological polar surface area (TPSA) is 107 Å². The predicted molar refractivity (Wildman–Crippen MR) is 110 cm³/mol. The number of nitro groups is 1.